The SMILES string of the molecule is C=Cc1c(/C=C\C)ccc(=C)cc(F)ccc1=C. The summed E-state index contributed by atoms with van der Waals surface area (Å²) in [5.41, 5.74) is 1.85. The molecule has 0 aromatic heterocycles. The second-order valence-corrected chi connectivity index (χ2v) is 3.87. The smallest absolute Gasteiger partial charge is 0.123 e. The third-order valence-corrected chi connectivity index (χ3v) is 2.45. The molecule has 0 spiro atoms. The highest BCUT2D eigenvalue weighted by Crippen LogP contribution is 2.05. The zero-order valence-corrected chi connectivity index (χ0v) is 10.6. The van der Waals surface area contributed by atoms with Gasteiger partial charge in [0.25, 0.3) is 0 Å². The zero-order chi connectivity index (χ0) is 13.5. The first-order chi connectivity index (χ1) is 8.58. The number of hydrogen-bond donors (Lipinski definition) is 0. The van der Waals surface area contributed by atoms with Crippen LogP contribution < -0.4 is 10.4 Å². The van der Waals surface area contributed by atoms with Gasteiger partial charge in [-0.1, -0.05) is 56.2 Å². The number of halogens is 1. The van der Waals surface area contributed by atoms with Crippen LogP contribution in [0.1, 0.15) is 18.1 Å². The molecule has 0 saturated heterocycles. The van der Waals surface area contributed by atoms with Crippen molar-refractivity contribution in [3.8, 4) is 0 Å². The molecule has 0 atom stereocenters. The van der Waals surface area contributed by atoms with E-state index in [0.717, 1.165) is 16.3 Å². The maximum absolute atomic E-state index is 13.4. The average molecular weight is 240 g/mol. The summed E-state index contributed by atoms with van der Waals surface area (Å²) in [6.45, 7) is 13.4. The molecule has 0 unspecified atom stereocenters. The zero-order valence-electron chi connectivity index (χ0n) is 10.6. The summed E-state index contributed by atoms with van der Waals surface area (Å²) in [6.07, 6.45) is 5.62. The first-order valence-corrected chi connectivity index (χ1v) is 5.69. The van der Waals surface area contributed by atoms with Crippen molar-refractivity contribution in [2.75, 3.05) is 0 Å². The van der Waals surface area contributed by atoms with Gasteiger partial charge in [0.1, 0.15) is 5.82 Å². The van der Waals surface area contributed by atoms with Gasteiger partial charge in [0.2, 0.25) is 0 Å². The van der Waals surface area contributed by atoms with Gasteiger partial charge in [0.05, 0.1) is 0 Å². The Morgan fingerprint density at radius 2 is 1.83 bits per heavy atom. The largest absolute Gasteiger partial charge is 0.207 e. The minimum absolute atomic E-state index is 0.344. The second-order valence-electron chi connectivity index (χ2n) is 3.87. The maximum atomic E-state index is 13.4. The van der Waals surface area contributed by atoms with Crippen molar-refractivity contribution >= 4 is 25.3 Å². The molecule has 0 radical (unpaired) electrons. The Hall–Kier alpha value is -2.15. The summed E-state index contributed by atoms with van der Waals surface area (Å²) < 4.78 is 13.4. The van der Waals surface area contributed by atoms with E-state index in [0.29, 0.717) is 5.22 Å². The summed E-state index contributed by atoms with van der Waals surface area (Å²) in [5, 5.41) is 1.33. The molecular weight excluding hydrogens is 223 g/mol. The van der Waals surface area contributed by atoms with Crippen molar-refractivity contribution in [3.05, 3.63) is 70.4 Å². The number of hydrogen-bond acceptors (Lipinski definition) is 0. The highest BCUT2D eigenvalue weighted by Gasteiger charge is 1.92. The maximum Gasteiger partial charge on any atom is 0.123 e. The fourth-order valence-corrected chi connectivity index (χ4v) is 1.59. The summed E-state index contributed by atoms with van der Waals surface area (Å²) in [6, 6.07) is 8.05. The van der Waals surface area contributed by atoms with Gasteiger partial charge in [-0.05, 0) is 40.6 Å². The van der Waals surface area contributed by atoms with E-state index in [1.165, 1.54) is 12.1 Å². The molecule has 1 aromatic carbocycles. The summed E-state index contributed by atoms with van der Waals surface area (Å²) >= 11 is 0. The van der Waals surface area contributed by atoms with Crippen molar-refractivity contribution in [2.24, 2.45) is 0 Å². The molecular formula is C17H17F. The molecule has 1 rings (SSSR count). The highest BCUT2D eigenvalue weighted by atomic mass is 19.1. The number of rotatable bonds is 2. The van der Waals surface area contributed by atoms with Crippen molar-refractivity contribution in [1.82, 2.24) is 0 Å². The summed E-state index contributed by atoms with van der Waals surface area (Å²) in [5.74, 6) is -0.344. The molecule has 0 saturated carbocycles. The molecule has 0 bridgehead atoms. The summed E-state index contributed by atoms with van der Waals surface area (Å²) in [4.78, 5) is 0. The highest BCUT2D eigenvalue weighted by molar-refractivity contribution is 5.63. The molecule has 0 N–H and O–H groups in total. The van der Waals surface area contributed by atoms with E-state index in [1.807, 2.05) is 25.1 Å². The van der Waals surface area contributed by atoms with Gasteiger partial charge in [0, 0.05) is 0 Å². The molecule has 0 nitrogen and oxygen atoms in total. The standard InChI is InChI=1S/C17H17F/c1-5-7-15-10-8-13(3)12-16(18)11-9-14(4)17(15)6-2/h5-12H,2-4H2,1H3/b7-5-,10-8?,11-9?,16-12?,17-15?. The minimum Gasteiger partial charge on any atom is -0.207 e. The quantitative estimate of drug-likeness (QED) is 0.742. The van der Waals surface area contributed by atoms with E-state index in [4.69, 9.17) is 0 Å². The van der Waals surface area contributed by atoms with Crippen molar-refractivity contribution in [2.45, 2.75) is 6.92 Å². The molecule has 0 fully saturated rings. The molecule has 18 heavy (non-hydrogen) atoms. The minimum atomic E-state index is -0.344. The third-order valence-electron chi connectivity index (χ3n) is 2.45. The van der Waals surface area contributed by atoms with Crippen LogP contribution in [0.15, 0.2) is 43.0 Å². The Morgan fingerprint density at radius 3 is 2.44 bits per heavy atom. The molecule has 92 valence electrons. The molecule has 1 aromatic rings. The van der Waals surface area contributed by atoms with Crippen LogP contribution in [0.25, 0.3) is 25.3 Å². The van der Waals surface area contributed by atoms with E-state index in [2.05, 4.69) is 19.7 Å². The van der Waals surface area contributed by atoms with Gasteiger partial charge in [-0.2, -0.15) is 0 Å². The topological polar surface area (TPSA) is 0 Å². The van der Waals surface area contributed by atoms with E-state index >= 15 is 0 Å². The van der Waals surface area contributed by atoms with Crippen LogP contribution in [0.3, 0.4) is 0 Å². The van der Waals surface area contributed by atoms with Gasteiger partial charge >= 0.3 is 0 Å². The molecule has 0 aliphatic carbocycles. The van der Waals surface area contributed by atoms with Crippen LogP contribution >= 0.6 is 0 Å². The fourth-order valence-electron chi connectivity index (χ4n) is 1.59. The Morgan fingerprint density at radius 1 is 1.11 bits per heavy atom. The van der Waals surface area contributed by atoms with Crippen molar-refractivity contribution < 1.29 is 4.39 Å². The van der Waals surface area contributed by atoms with Crippen molar-refractivity contribution in [1.29, 1.82) is 0 Å². The Kier molecular flexibility index (Phi) is 5.06. The lowest BCUT2D eigenvalue weighted by Crippen LogP contribution is -2.03. The molecule has 0 aliphatic rings. The monoisotopic (exact) mass is 240 g/mol. The van der Waals surface area contributed by atoms with Gasteiger partial charge in [-0.25, -0.2) is 4.39 Å². The predicted molar refractivity (Wildman–Crippen MR) is 79.1 cm³/mol. The van der Waals surface area contributed by atoms with E-state index in [-0.39, 0.29) is 5.82 Å². The lowest BCUT2D eigenvalue weighted by Gasteiger charge is -1.97. The van der Waals surface area contributed by atoms with Crippen LogP contribution in [0, 0.1) is 5.82 Å². The second kappa shape index (κ2) is 6.55. The average Bonchev–Trinajstić information content (AvgIpc) is 2.33. The first kappa shape index (κ1) is 13.9. The molecule has 0 amide bonds. The van der Waals surface area contributed by atoms with E-state index in [1.54, 1.807) is 18.2 Å². The van der Waals surface area contributed by atoms with E-state index < -0.39 is 0 Å². The fraction of sp³-hybridized carbons (Fsp3) is 0.0588. The predicted octanol–water partition coefficient (Wildman–Crippen LogP) is 3.45. The van der Waals surface area contributed by atoms with Crippen molar-refractivity contribution in [3.63, 3.8) is 0 Å². The molecule has 0 heterocycles. The van der Waals surface area contributed by atoms with Crippen LogP contribution in [0.4, 0.5) is 4.39 Å². The van der Waals surface area contributed by atoms with Gasteiger partial charge in [-0.3, -0.25) is 0 Å². The third kappa shape index (κ3) is 3.70. The molecule has 1 heteroatoms. The lowest BCUT2D eigenvalue weighted by molar-refractivity contribution is 0.628. The Labute approximate surface area is 107 Å². The number of allylic oxidation sites excluding steroid dienone is 1. The van der Waals surface area contributed by atoms with Gasteiger partial charge in [-0.15, -0.1) is 0 Å². The van der Waals surface area contributed by atoms with Gasteiger partial charge in [0.15, 0.2) is 0 Å². The Bertz CT molecular complexity index is 623. The van der Waals surface area contributed by atoms with Crippen LogP contribution in [0.2, 0.25) is 0 Å². The van der Waals surface area contributed by atoms with Crippen LogP contribution in [-0.2, 0) is 0 Å². The first-order valence-electron chi connectivity index (χ1n) is 5.69. The lowest BCUT2D eigenvalue weighted by atomic mass is 10.1. The van der Waals surface area contributed by atoms with Gasteiger partial charge < -0.3 is 0 Å². The van der Waals surface area contributed by atoms with Crippen LogP contribution in [0.5, 0.6) is 0 Å². The normalized spacial score (nSPS) is 10.1. The van der Waals surface area contributed by atoms with E-state index in [9.17, 15) is 4.39 Å². The Balaban J connectivity index is 3.84. The van der Waals surface area contributed by atoms with Crippen LogP contribution in [-0.4, -0.2) is 0 Å². The molecule has 0 aliphatic heterocycles. The summed E-state index contributed by atoms with van der Waals surface area (Å²) in [7, 11) is 0.